The highest BCUT2D eigenvalue weighted by Crippen LogP contribution is 2.12. The largest absolute Gasteiger partial charge is 0.351 e. The lowest BCUT2D eigenvalue weighted by atomic mass is 10.1. The third kappa shape index (κ3) is 18.3. The standard InChI is InChI=1S/C24H42N4O3S2/c1-19(2)8-6-9-20(3)10-7-11-22(28-26-18-30)12-15-33-16-21(4)27-24(31)23(25-17-29)13-14-32-5/h8,10,12,17-18,21,23,28H,6-7,9,11,13-16H2,1-5H3,(H,25,29)(H,26,30)(H,27,31)/b20-10+,22-12-. The Hall–Kier alpha value is -1.87. The summed E-state index contributed by atoms with van der Waals surface area (Å²) in [5.74, 6) is 2.16. The average Bonchev–Trinajstić information content (AvgIpc) is 2.76. The van der Waals surface area contributed by atoms with Crippen molar-refractivity contribution in [3.63, 3.8) is 0 Å². The molecule has 33 heavy (non-hydrogen) atoms. The Morgan fingerprint density at radius 2 is 1.73 bits per heavy atom. The first-order valence-corrected chi connectivity index (χ1v) is 13.9. The number of hydrazine groups is 1. The van der Waals surface area contributed by atoms with Gasteiger partial charge in [0.2, 0.25) is 18.7 Å². The van der Waals surface area contributed by atoms with E-state index in [1.165, 1.54) is 11.1 Å². The van der Waals surface area contributed by atoms with Gasteiger partial charge in [0.05, 0.1) is 0 Å². The molecule has 0 aromatic heterocycles. The maximum Gasteiger partial charge on any atom is 0.242 e. The van der Waals surface area contributed by atoms with Crippen molar-refractivity contribution in [1.82, 2.24) is 21.5 Å². The minimum absolute atomic E-state index is 0.0166. The van der Waals surface area contributed by atoms with Crippen molar-refractivity contribution >= 4 is 42.3 Å². The predicted octanol–water partition coefficient (Wildman–Crippen LogP) is 3.70. The van der Waals surface area contributed by atoms with Crippen LogP contribution in [0.2, 0.25) is 0 Å². The van der Waals surface area contributed by atoms with Crippen LogP contribution in [-0.4, -0.2) is 54.3 Å². The fourth-order valence-corrected chi connectivity index (χ4v) is 4.26. The van der Waals surface area contributed by atoms with E-state index in [4.69, 9.17) is 0 Å². The third-order valence-corrected chi connectivity index (χ3v) is 6.47. The molecular formula is C24H42N4O3S2. The molecule has 0 aliphatic carbocycles. The molecule has 0 aromatic carbocycles. The molecule has 0 aliphatic rings. The van der Waals surface area contributed by atoms with Crippen LogP contribution in [0.1, 0.15) is 59.8 Å². The normalized spacial score (nSPS) is 13.5. The van der Waals surface area contributed by atoms with Crippen LogP contribution in [0.25, 0.3) is 0 Å². The molecule has 0 saturated carbocycles. The zero-order chi connectivity index (χ0) is 24.9. The summed E-state index contributed by atoms with van der Waals surface area (Å²) in [5.41, 5.74) is 9.15. The third-order valence-electron chi connectivity index (χ3n) is 4.69. The van der Waals surface area contributed by atoms with Crippen LogP contribution in [-0.2, 0) is 14.4 Å². The first kappa shape index (κ1) is 31.1. The number of rotatable bonds is 20. The number of carbonyl (C=O) groups is 3. The van der Waals surface area contributed by atoms with Gasteiger partial charge in [-0.1, -0.05) is 29.4 Å². The van der Waals surface area contributed by atoms with Crippen molar-refractivity contribution in [3.8, 4) is 0 Å². The Balaban J connectivity index is 4.50. The molecule has 4 N–H and O–H groups in total. The van der Waals surface area contributed by atoms with Crippen molar-refractivity contribution < 1.29 is 14.4 Å². The van der Waals surface area contributed by atoms with Crippen LogP contribution in [0.3, 0.4) is 0 Å². The predicted molar refractivity (Wildman–Crippen MR) is 143 cm³/mol. The summed E-state index contributed by atoms with van der Waals surface area (Å²) < 4.78 is 0. The Labute approximate surface area is 208 Å². The Morgan fingerprint density at radius 1 is 1.00 bits per heavy atom. The van der Waals surface area contributed by atoms with Gasteiger partial charge >= 0.3 is 0 Å². The van der Waals surface area contributed by atoms with E-state index in [2.05, 4.69) is 60.5 Å². The summed E-state index contributed by atoms with van der Waals surface area (Å²) in [7, 11) is 0. The van der Waals surface area contributed by atoms with Crippen LogP contribution < -0.4 is 21.5 Å². The maximum absolute atomic E-state index is 12.4. The van der Waals surface area contributed by atoms with Crippen LogP contribution >= 0.6 is 23.5 Å². The van der Waals surface area contributed by atoms with Crippen molar-refractivity contribution in [3.05, 3.63) is 35.1 Å². The van der Waals surface area contributed by atoms with Crippen LogP contribution in [0.4, 0.5) is 0 Å². The van der Waals surface area contributed by atoms with Crippen molar-refractivity contribution in [2.75, 3.05) is 23.5 Å². The number of hydrogen-bond acceptors (Lipinski definition) is 6. The molecule has 0 heterocycles. The highest BCUT2D eigenvalue weighted by Gasteiger charge is 2.18. The molecule has 7 nitrogen and oxygen atoms in total. The van der Waals surface area contributed by atoms with Crippen molar-refractivity contribution in [2.24, 2.45) is 0 Å². The second-order valence-electron chi connectivity index (χ2n) is 8.09. The summed E-state index contributed by atoms with van der Waals surface area (Å²) in [6.07, 6.45) is 14.2. The van der Waals surface area contributed by atoms with Crippen molar-refractivity contribution in [2.45, 2.75) is 71.9 Å². The van der Waals surface area contributed by atoms with Gasteiger partial charge in [-0.25, -0.2) is 0 Å². The molecule has 0 radical (unpaired) electrons. The highest BCUT2D eigenvalue weighted by molar-refractivity contribution is 7.99. The minimum Gasteiger partial charge on any atom is -0.351 e. The fraction of sp³-hybridized carbons (Fsp3) is 0.625. The van der Waals surface area contributed by atoms with Crippen molar-refractivity contribution in [1.29, 1.82) is 0 Å². The average molecular weight is 499 g/mol. The Morgan fingerprint density at radius 3 is 2.36 bits per heavy atom. The zero-order valence-corrected chi connectivity index (χ0v) is 22.4. The maximum atomic E-state index is 12.4. The lowest BCUT2D eigenvalue weighted by molar-refractivity contribution is -0.125. The second-order valence-corrected chi connectivity index (χ2v) is 10.2. The molecule has 0 bridgehead atoms. The van der Waals surface area contributed by atoms with Gasteiger partial charge in [0.1, 0.15) is 6.04 Å². The molecule has 9 heteroatoms. The van der Waals surface area contributed by atoms with Crippen LogP contribution in [0.15, 0.2) is 35.1 Å². The number of allylic oxidation sites excluding steroid dienone is 5. The van der Waals surface area contributed by atoms with E-state index in [1.54, 1.807) is 23.5 Å². The minimum atomic E-state index is -0.494. The molecule has 0 fully saturated rings. The van der Waals surface area contributed by atoms with Gasteiger partial charge in [0.15, 0.2) is 0 Å². The highest BCUT2D eigenvalue weighted by atomic mass is 32.2. The first-order chi connectivity index (χ1) is 15.8. The lowest BCUT2D eigenvalue weighted by Gasteiger charge is -2.19. The smallest absolute Gasteiger partial charge is 0.242 e. The van der Waals surface area contributed by atoms with Gasteiger partial charge < -0.3 is 16.1 Å². The first-order valence-electron chi connectivity index (χ1n) is 11.3. The molecule has 2 atom stereocenters. The summed E-state index contributed by atoms with van der Waals surface area (Å²) in [4.78, 5) is 33.8. The summed E-state index contributed by atoms with van der Waals surface area (Å²) >= 11 is 3.34. The number of carbonyl (C=O) groups excluding carboxylic acids is 3. The summed E-state index contributed by atoms with van der Waals surface area (Å²) in [6, 6.07) is -0.511. The molecule has 2 unspecified atom stereocenters. The number of nitrogens with one attached hydrogen (secondary N) is 4. The molecule has 3 amide bonds. The molecule has 0 aliphatic heterocycles. The zero-order valence-electron chi connectivity index (χ0n) is 20.7. The van der Waals surface area contributed by atoms with Gasteiger partial charge in [-0.3, -0.25) is 19.8 Å². The topological polar surface area (TPSA) is 99.3 Å². The fourth-order valence-electron chi connectivity index (χ4n) is 2.90. The van der Waals surface area contributed by atoms with E-state index in [9.17, 15) is 14.4 Å². The number of amides is 3. The lowest BCUT2D eigenvalue weighted by Crippen LogP contribution is -2.47. The quantitative estimate of drug-likeness (QED) is 0.0884. The van der Waals surface area contributed by atoms with Gasteiger partial charge in [0.25, 0.3) is 0 Å². The molecule has 0 spiro atoms. The molecular weight excluding hydrogens is 456 g/mol. The molecule has 0 rings (SSSR count). The van der Waals surface area contributed by atoms with E-state index in [0.717, 1.165) is 48.6 Å². The van der Waals surface area contributed by atoms with Gasteiger partial charge in [0, 0.05) is 23.2 Å². The Bertz CT molecular complexity index is 662. The Kier molecular flexibility index (Phi) is 19.5. The van der Waals surface area contributed by atoms with Gasteiger partial charge in [-0.2, -0.15) is 23.5 Å². The SMILES string of the molecule is CSCCC(NC=O)C(=O)NC(C)CSC/C=C(/CC/C=C(\C)CCC=C(C)C)NNC=O. The summed E-state index contributed by atoms with van der Waals surface area (Å²) in [5, 5.41) is 5.56. The van der Waals surface area contributed by atoms with E-state index in [0.29, 0.717) is 19.2 Å². The second kappa shape index (κ2) is 20.7. The molecule has 0 aromatic rings. The van der Waals surface area contributed by atoms with Gasteiger partial charge in [-0.05, 0) is 71.8 Å². The molecule has 188 valence electrons. The molecule has 0 saturated heterocycles. The monoisotopic (exact) mass is 498 g/mol. The van der Waals surface area contributed by atoms with Gasteiger partial charge in [-0.15, -0.1) is 0 Å². The summed E-state index contributed by atoms with van der Waals surface area (Å²) in [6.45, 7) is 8.34. The number of hydrogen-bond donors (Lipinski definition) is 4. The van der Waals surface area contributed by atoms with E-state index in [-0.39, 0.29) is 11.9 Å². The van der Waals surface area contributed by atoms with Crippen LogP contribution in [0, 0.1) is 0 Å². The van der Waals surface area contributed by atoms with E-state index >= 15 is 0 Å². The van der Waals surface area contributed by atoms with Crippen LogP contribution in [0.5, 0.6) is 0 Å². The number of thioether (sulfide) groups is 2. The van der Waals surface area contributed by atoms with E-state index < -0.39 is 6.04 Å². The van der Waals surface area contributed by atoms with E-state index in [1.807, 2.05) is 13.2 Å².